The van der Waals surface area contributed by atoms with Crippen molar-refractivity contribution in [1.29, 1.82) is 0 Å². The van der Waals surface area contributed by atoms with Gasteiger partial charge in [-0.3, -0.25) is 4.79 Å². The van der Waals surface area contributed by atoms with Crippen molar-refractivity contribution in [1.82, 2.24) is 5.48 Å². The number of hydrogen-bond acceptors (Lipinski definition) is 4. The number of hydroxylamine groups is 1. The molecular formula is C16H27NO3. The first-order valence-corrected chi connectivity index (χ1v) is 7.58. The number of hydrogen-bond donors (Lipinski definition) is 2. The third kappa shape index (κ3) is 2.91. The molecule has 2 aliphatic carbocycles. The van der Waals surface area contributed by atoms with Crippen LogP contribution in [0.3, 0.4) is 0 Å². The predicted octanol–water partition coefficient (Wildman–Crippen LogP) is 3.06. The molecule has 20 heavy (non-hydrogen) atoms. The van der Waals surface area contributed by atoms with Crippen molar-refractivity contribution in [3.63, 3.8) is 0 Å². The number of allylic oxidation sites excluding steroid dienone is 2. The van der Waals surface area contributed by atoms with E-state index in [-0.39, 0.29) is 11.4 Å². The summed E-state index contributed by atoms with van der Waals surface area (Å²) in [5.74, 6) is 0.979. The predicted molar refractivity (Wildman–Crippen MR) is 77.3 cm³/mol. The molecule has 0 unspecified atom stereocenters. The molecule has 0 bridgehead atoms. The van der Waals surface area contributed by atoms with Crippen LogP contribution in [0.5, 0.6) is 0 Å². The highest BCUT2D eigenvalue weighted by Gasteiger charge is 2.56. The molecule has 3 atom stereocenters. The van der Waals surface area contributed by atoms with Gasteiger partial charge < -0.3 is 9.94 Å². The normalized spacial score (nSPS) is 32.4. The Morgan fingerprint density at radius 3 is 2.85 bits per heavy atom. The van der Waals surface area contributed by atoms with Crippen LogP contribution < -0.4 is 5.48 Å². The summed E-state index contributed by atoms with van der Waals surface area (Å²) >= 11 is 0. The zero-order chi connectivity index (χ0) is 15.0. The molecule has 0 aliphatic heterocycles. The van der Waals surface area contributed by atoms with Gasteiger partial charge in [-0.2, -0.15) is 0 Å². The fourth-order valence-corrected chi connectivity index (χ4v) is 4.43. The molecule has 4 heteroatoms. The number of fused-ring (bicyclic) bond motifs is 1. The molecule has 2 N–H and O–H groups in total. The van der Waals surface area contributed by atoms with Gasteiger partial charge in [0.25, 0.3) is 0 Å². The minimum absolute atomic E-state index is 0.00921. The monoisotopic (exact) mass is 281 g/mol. The molecule has 0 aromatic carbocycles. The highest BCUT2D eigenvalue weighted by Crippen LogP contribution is 2.61. The van der Waals surface area contributed by atoms with Crippen LogP contribution in [0.4, 0.5) is 0 Å². The van der Waals surface area contributed by atoms with Gasteiger partial charge in [-0.1, -0.05) is 18.6 Å². The summed E-state index contributed by atoms with van der Waals surface area (Å²) in [5, 5.41) is 9.21. The maximum Gasteiger partial charge on any atom is 0.303 e. The van der Waals surface area contributed by atoms with Crippen molar-refractivity contribution < 1.29 is 14.7 Å². The molecule has 2 rings (SSSR count). The Bertz CT molecular complexity index is 416. The Morgan fingerprint density at radius 1 is 1.60 bits per heavy atom. The quantitative estimate of drug-likeness (QED) is 0.446. The summed E-state index contributed by atoms with van der Waals surface area (Å²) in [6.07, 6.45) is 6.58. The Morgan fingerprint density at radius 2 is 2.30 bits per heavy atom. The Balaban J connectivity index is 2.12. The first kappa shape index (κ1) is 15.5. The molecule has 0 heterocycles. The fourth-order valence-electron chi connectivity index (χ4n) is 4.43. The van der Waals surface area contributed by atoms with Gasteiger partial charge in [0.1, 0.15) is 5.60 Å². The van der Waals surface area contributed by atoms with E-state index in [4.69, 9.17) is 4.74 Å². The fraction of sp³-hybridized carbons (Fsp3) is 0.812. The van der Waals surface area contributed by atoms with E-state index in [9.17, 15) is 10.0 Å². The zero-order valence-electron chi connectivity index (χ0n) is 13.0. The summed E-state index contributed by atoms with van der Waals surface area (Å²) in [7, 11) is 0. The summed E-state index contributed by atoms with van der Waals surface area (Å²) in [5.41, 5.74) is 3.41. The van der Waals surface area contributed by atoms with Crippen molar-refractivity contribution in [3.05, 3.63) is 11.6 Å². The highest BCUT2D eigenvalue weighted by atomic mass is 16.6. The summed E-state index contributed by atoms with van der Waals surface area (Å²) in [6.45, 7) is 8.13. The second kappa shape index (κ2) is 5.49. The molecule has 0 aromatic rings. The average Bonchev–Trinajstić information content (AvgIpc) is 2.64. The number of ether oxygens (including phenoxy) is 1. The van der Waals surface area contributed by atoms with Gasteiger partial charge in [0.2, 0.25) is 0 Å². The molecule has 0 amide bonds. The van der Waals surface area contributed by atoms with E-state index in [0.29, 0.717) is 18.4 Å². The minimum Gasteiger partial charge on any atom is -0.460 e. The van der Waals surface area contributed by atoms with E-state index in [1.165, 1.54) is 18.9 Å². The molecular weight excluding hydrogens is 254 g/mol. The maximum absolute atomic E-state index is 11.2. The van der Waals surface area contributed by atoms with Crippen molar-refractivity contribution in [2.24, 2.45) is 17.3 Å². The number of nitrogens with one attached hydrogen (secondary N) is 1. The first-order valence-electron chi connectivity index (χ1n) is 7.58. The summed E-state index contributed by atoms with van der Waals surface area (Å²) in [6, 6.07) is 0. The molecule has 0 radical (unpaired) electrons. The summed E-state index contributed by atoms with van der Waals surface area (Å²) in [4.78, 5) is 11.2. The Kier molecular flexibility index (Phi) is 4.26. The zero-order valence-corrected chi connectivity index (χ0v) is 13.0. The minimum atomic E-state index is -0.490. The van der Waals surface area contributed by atoms with E-state index in [0.717, 1.165) is 19.3 Å². The van der Waals surface area contributed by atoms with Crippen LogP contribution >= 0.6 is 0 Å². The van der Waals surface area contributed by atoms with Gasteiger partial charge in [0.05, 0.1) is 0 Å². The van der Waals surface area contributed by atoms with Crippen molar-refractivity contribution in [3.8, 4) is 0 Å². The van der Waals surface area contributed by atoms with E-state index in [1.54, 1.807) is 0 Å². The number of carbonyl (C=O) groups excluding carboxylic acids is 1. The second-order valence-electron chi connectivity index (χ2n) is 7.10. The van der Waals surface area contributed by atoms with Gasteiger partial charge in [-0.15, -0.1) is 0 Å². The van der Waals surface area contributed by atoms with Gasteiger partial charge in [0.15, 0.2) is 0 Å². The molecule has 1 fully saturated rings. The van der Waals surface area contributed by atoms with Gasteiger partial charge in [-0.25, -0.2) is 5.48 Å². The smallest absolute Gasteiger partial charge is 0.303 e. The van der Waals surface area contributed by atoms with Crippen molar-refractivity contribution in [2.45, 2.75) is 59.0 Å². The molecule has 4 nitrogen and oxygen atoms in total. The third-order valence-corrected chi connectivity index (χ3v) is 4.91. The van der Waals surface area contributed by atoms with Crippen LogP contribution in [-0.2, 0) is 9.53 Å². The number of rotatable bonds is 6. The van der Waals surface area contributed by atoms with Crippen LogP contribution in [0, 0.1) is 17.3 Å². The van der Waals surface area contributed by atoms with Crippen molar-refractivity contribution >= 4 is 5.97 Å². The molecule has 0 spiro atoms. The lowest BCUT2D eigenvalue weighted by atomic mass is 9.52. The molecule has 2 aliphatic rings. The van der Waals surface area contributed by atoms with Gasteiger partial charge in [0, 0.05) is 13.5 Å². The molecule has 114 valence electrons. The highest BCUT2D eigenvalue weighted by molar-refractivity contribution is 5.66. The Labute approximate surface area is 121 Å². The average molecular weight is 281 g/mol. The molecule has 1 saturated carbocycles. The lowest BCUT2D eigenvalue weighted by Crippen LogP contribution is -2.54. The lowest BCUT2D eigenvalue weighted by molar-refractivity contribution is -0.162. The van der Waals surface area contributed by atoms with Crippen LogP contribution in [0.15, 0.2) is 11.6 Å². The topological polar surface area (TPSA) is 58.6 Å². The third-order valence-electron chi connectivity index (χ3n) is 4.91. The van der Waals surface area contributed by atoms with Crippen LogP contribution in [0.1, 0.15) is 53.4 Å². The van der Waals surface area contributed by atoms with Crippen LogP contribution in [-0.4, -0.2) is 23.3 Å². The van der Waals surface area contributed by atoms with Crippen LogP contribution in [0.25, 0.3) is 0 Å². The molecule has 0 saturated heterocycles. The Hall–Kier alpha value is -0.870. The molecule has 0 aromatic heterocycles. The lowest BCUT2D eigenvalue weighted by Gasteiger charge is -2.54. The van der Waals surface area contributed by atoms with E-state index >= 15 is 0 Å². The van der Waals surface area contributed by atoms with Crippen LogP contribution in [0.2, 0.25) is 0 Å². The number of esters is 1. The largest absolute Gasteiger partial charge is 0.460 e. The van der Waals surface area contributed by atoms with Gasteiger partial charge in [-0.05, 0) is 56.8 Å². The standard InChI is InChI=1S/C16H27NO3/c1-5-12-6-13-8-16(10-17-19,14(13)7-12)9-15(3,4)20-11(2)18/h7,13-14,17,19H,5-6,8-10H2,1-4H3/t13-,14-,16-/m0/s1. The van der Waals surface area contributed by atoms with E-state index in [1.807, 2.05) is 13.8 Å². The van der Waals surface area contributed by atoms with E-state index < -0.39 is 5.60 Å². The SMILES string of the molecule is CCC1=C[C@H]2[C@@H](C1)C[C@@]2(CNO)CC(C)(C)OC(C)=O. The second-order valence-corrected chi connectivity index (χ2v) is 7.10. The van der Waals surface area contributed by atoms with E-state index in [2.05, 4.69) is 18.5 Å². The van der Waals surface area contributed by atoms with Crippen molar-refractivity contribution in [2.75, 3.05) is 6.54 Å². The van der Waals surface area contributed by atoms with Gasteiger partial charge >= 0.3 is 5.97 Å². The first-order chi connectivity index (χ1) is 9.32. The summed E-state index contributed by atoms with van der Waals surface area (Å²) < 4.78 is 5.45. The number of carbonyl (C=O) groups is 1. The maximum atomic E-state index is 11.2.